The molecule has 4 aliphatic rings. The van der Waals surface area contributed by atoms with Crippen LogP contribution in [0, 0.1) is 11.8 Å². The molecule has 0 aromatic rings. The van der Waals surface area contributed by atoms with Crippen molar-refractivity contribution in [1.29, 1.82) is 0 Å². The van der Waals surface area contributed by atoms with Gasteiger partial charge in [-0.15, -0.1) is 0 Å². The van der Waals surface area contributed by atoms with Crippen molar-refractivity contribution in [3.8, 4) is 0 Å². The first-order valence-electron chi connectivity index (χ1n) is 11.8. The maximum Gasteiger partial charge on any atom is 0.0242 e. The molecule has 4 aliphatic heterocycles. The Morgan fingerprint density at radius 3 is 1.63 bits per heavy atom. The molecule has 4 heteroatoms. The van der Waals surface area contributed by atoms with Crippen molar-refractivity contribution in [3.63, 3.8) is 0 Å². The minimum absolute atomic E-state index is 0.721. The molecular formula is C23H44N4. The van der Waals surface area contributed by atoms with Crippen molar-refractivity contribution in [2.75, 3.05) is 39.3 Å². The van der Waals surface area contributed by atoms with Gasteiger partial charge >= 0.3 is 0 Å². The van der Waals surface area contributed by atoms with Crippen LogP contribution in [0.15, 0.2) is 0 Å². The number of hydrogen-bond acceptors (Lipinski definition) is 4. The number of hydrogen-bond donors (Lipinski definition) is 0. The molecule has 0 aromatic heterocycles. The van der Waals surface area contributed by atoms with Crippen LogP contribution in [0.5, 0.6) is 0 Å². The Labute approximate surface area is 168 Å². The molecule has 4 saturated heterocycles. The zero-order valence-electron chi connectivity index (χ0n) is 18.8. The van der Waals surface area contributed by atoms with Gasteiger partial charge in [0.15, 0.2) is 0 Å². The van der Waals surface area contributed by atoms with E-state index in [1.807, 2.05) is 0 Å². The van der Waals surface area contributed by atoms with Crippen LogP contribution in [0.2, 0.25) is 0 Å². The zero-order valence-corrected chi connectivity index (χ0v) is 18.8. The number of likely N-dealkylation sites (tertiary alicyclic amines) is 4. The van der Waals surface area contributed by atoms with E-state index in [0.717, 1.165) is 48.1 Å². The first kappa shape index (κ1) is 20.1. The standard InChI is InChI=1S/C23H44N4/c1-16(2)24-10-20-12-25(13-21(20)11-24)18(5)7-8-19(6)27-15-22-9-23(27)14-26(22)17(3)4/h16-23H,7-15H2,1-6H3. The summed E-state index contributed by atoms with van der Waals surface area (Å²) in [6.07, 6.45) is 4.16. The van der Waals surface area contributed by atoms with E-state index in [-0.39, 0.29) is 0 Å². The summed E-state index contributed by atoms with van der Waals surface area (Å²) in [6, 6.07) is 4.63. The molecule has 156 valence electrons. The molecule has 4 fully saturated rings. The maximum atomic E-state index is 2.84. The maximum absolute atomic E-state index is 2.84. The molecule has 0 radical (unpaired) electrons. The van der Waals surface area contributed by atoms with Gasteiger partial charge in [0.1, 0.15) is 0 Å². The fourth-order valence-corrected chi connectivity index (χ4v) is 6.58. The first-order chi connectivity index (χ1) is 12.8. The highest BCUT2D eigenvalue weighted by Gasteiger charge is 2.45. The van der Waals surface area contributed by atoms with Gasteiger partial charge in [-0.2, -0.15) is 0 Å². The van der Waals surface area contributed by atoms with E-state index < -0.39 is 0 Å². The summed E-state index contributed by atoms with van der Waals surface area (Å²) in [4.78, 5) is 11.1. The van der Waals surface area contributed by atoms with E-state index >= 15 is 0 Å². The lowest BCUT2D eigenvalue weighted by Gasteiger charge is -2.40. The van der Waals surface area contributed by atoms with Crippen molar-refractivity contribution in [3.05, 3.63) is 0 Å². The highest BCUT2D eigenvalue weighted by Crippen LogP contribution is 2.36. The van der Waals surface area contributed by atoms with Gasteiger partial charge in [-0.1, -0.05) is 0 Å². The summed E-state index contributed by atoms with van der Waals surface area (Å²) in [7, 11) is 0. The fourth-order valence-electron chi connectivity index (χ4n) is 6.58. The van der Waals surface area contributed by atoms with E-state index in [4.69, 9.17) is 0 Å². The normalized spacial score (nSPS) is 37.8. The van der Waals surface area contributed by atoms with E-state index in [2.05, 4.69) is 61.1 Å². The second-order valence-corrected chi connectivity index (χ2v) is 10.8. The van der Waals surface area contributed by atoms with Crippen LogP contribution in [0.1, 0.15) is 60.8 Å². The van der Waals surface area contributed by atoms with Crippen LogP contribution < -0.4 is 0 Å². The fraction of sp³-hybridized carbons (Fsp3) is 1.00. The van der Waals surface area contributed by atoms with Gasteiger partial charge in [0.25, 0.3) is 0 Å². The SMILES string of the molecule is CC(C)N1CC2CN(C(C)CCC(C)N3CC4CC3CN4C(C)C)CC2C1. The van der Waals surface area contributed by atoms with Gasteiger partial charge < -0.3 is 4.90 Å². The Kier molecular flexibility index (Phi) is 5.91. The number of rotatable bonds is 7. The predicted octanol–water partition coefficient (Wildman–Crippen LogP) is 2.98. The topological polar surface area (TPSA) is 13.0 Å². The predicted molar refractivity (Wildman–Crippen MR) is 114 cm³/mol. The Bertz CT molecular complexity index is 493. The minimum atomic E-state index is 0.721. The zero-order chi connectivity index (χ0) is 19.3. The second kappa shape index (κ2) is 7.93. The van der Waals surface area contributed by atoms with Crippen LogP contribution in [0.3, 0.4) is 0 Å². The van der Waals surface area contributed by atoms with E-state index in [1.165, 1.54) is 58.5 Å². The summed E-state index contributed by atoms with van der Waals surface area (Å²) >= 11 is 0. The molecule has 4 nitrogen and oxygen atoms in total. The lowest BCUT2D eigenvalue weighted by molar-refractivity contribution is 0.0730. The van der Waals surface area contributed by atoms with Gasteiger partial charge in [-0.25, -0.2) is 0 Å². The molecule has 2 bridgehead atoms. The summed E-state index contributed by atoms with van der Waals surface area (Å²) in [5.74, 6) is 1.87. The first-order valence-corrected chi connectivity index (χ1v) is 11.8. The molecule has 0 spiro atoms. The van der Waals surface area contributed by atoms with Crippen molar-refractivity contribution in [1.82, 2.24) is 19.6 Å². The van der Waals surface area contributed by atoms with Crippen LogP contribution in [0.4, 0.5) is 0 Å². The minimum Gasteiger partial charge on any atom is -0.300 e. The third kappa shape index (κ3) is 3.97. The molecule has 4 heterocycles. The average Bonchev–Trinajstić information content (AvgIpc) is 3.35. The van der Waals surface area contributed by atoms with Crippen LogP contribution >= 0.6 is 0 Å². The van der Waals surface area contributed by atoms with E-state index in [9.17, 15) is 0 Å². The lowest BCUT2D eigenvalue weighted by Crippen LogP contribution is -2.51. The molecule has 6 unspecified atom stereocenters. The number of nitrogens with zero attached hydrogens (tertiary/aromatic N) is 4. The van der Waals surface area contributed by atoms with Gasteiger partial charge in [0.05, 0.1) is 0 Å². The van der Waals surface area contributed by atoms with Crippen molar-refractivity contribution in [2.24, 2.45) is 11.8 Å². The van der Waals surface area contributed by atoms with Crippen molar-refractivity contribution in [2.45, 2.75) is 97.1 Å². The summed E-state index contributed by atoms with van der Waals surface area (Å²) in [5.41, 5.74) is 0. The molecule has 0 aromatic carbocycles. The van der Waals surface area contributed by atoms with E-state index in [0.29, 0.717) is 0 Å². The highest BCUT2D eigenvalue weighted by atomic mass is 15.4. The van der Waals surface area contributed by atoms with Crippen LogP contribution in [0.25, 0.3) is 0 Å². The Balaban J connectivity index is 1.20. The summed E-state index contributed by atoms with van der Waals surface area (Å²) < 4.78 is 0. The smallest absolute Gasteiger partial charge is 0.0242 e. The quantitative estimate of drug-likeness (QED) is 0.677. The molecule has 0 aliphatic carbocycles. The molecule has 0 N–H and O–H groups in total. The van der Waals surface area contributed by atoms with Crippen LogP contribution in [-0.4, -0.2) is 95.1 Å². The molecule has 27 heavy (non-hydrogen) atoms. The molecule has 6 atom stereocenters. The monoisotopic (exact) mass is 376 g/mol. The second-order valence-electron chi connectivity index (χ2n) is 10.8. The van der Waals surface area contributed by atoms with Crippen LogP contribution in [-0.2, 0) is 0 Å². The van der Waals surface area contributed by atoms with Gasteiger partial charge in [0.2, 0.25) is 0 Å². The van der Waals surface area contributed by atoms with Gasteiger partial charge in [-0.05, 0) is 72.6 Å². The summed E-state index contributed by atoms with van der Waals surface area (Å²) in [5, 5.41) is 0. The molecular weight excluding hydrogens is 332 g/mol. The Morgan fingerprint density at radius 2 is 1.11 bits per heavy atom. The summed E-state index contributed by atoms with van der Waals surface area (Å²) in [6.45, 7) is 22.4. The third-order valence-corrected chi connectivity index (χ3v) is 8.45. The Hall–Kier alpha value is -0.160. The van der Waals surface area contributed by atoms with Gasteiger partial charge in [-0.3, -0.25) is 14.7 Å². The highest BCUT2D eigenvalue weighted by molar-refractivity contribution is 5.02. The average molecular weight is 377 g/mol. The van der Waals surface area contributed by atoms with E-state index in [1.54, 1.807) is 0 Å². The molecule has 0 amide bonds. The molecule has 0 saturated carbocycles. The lowest BCUT2D eigenvalue weighted by atomic mass is 10.0. The third-order valence-electron chi connectivity index (χ3n) is 8.45. The Morgan fingerprint density at radius 1 is 0.593 bits per heavy atom. The van der Waals surface area contributed by atoms with Gasteiger partial charge in [0, 0.05) is 75.5 Å². The largest absolute Gasteiger partial charge is 0.300 e. The van der Waals surface area contributed by atoms with Crippen molar-refractivity contribution < 1.29 is 0 Å². The molecule has 4 rings (SSSR count). The van der Waals surface area contributed by atoms with Crippen molar-refractivity contribution >= 4 is 0 Å². The number of fused-ring (bicyclic) bond motifs is 3. The number of piperazine rings is 1.